The molecule has 3 aromatic rings. The highest BCUT2D eigenvalue weighted by molar-refractivity contribution is 5.92. The molecule has 0 saturated carbocycles. The first-order chi connectivity index (χ1) is 15.1. The van der Waals surface area contributed by atoms with E-state index in [1.807, 2.05) is 24.3 Å². The molecular weight excluding hydrogens is 394 g/mol. The summed E-state index contributed by atoms with van der Waals surface area (Å²) in [6.07, 6.45) is 1.71. The Morgan fingerprint density at radius 2 is 1.90 bits per heavy atom. The van der Waals surface area contributed by atoms with Crippen molar-refractivity contribution in [3.05, 3.63) is 60.0 Å². The molecule has 0 bridgehead atoms. The van der Waals surface area contributed by atoms with Crippen molar-refractivity contribution in [2.45, 2.75) is 18.8 Å². The predicted molar refractivity (Wildman–Crippen MR) is 114 cm³/mol. The Morgan fingerprint density at radius 1 is 1.19 bits per heavy atom. The monoisotopic (exact) mass is 417 g/mol. The molecule has 0 radical (unpaired) electrons. The van der Waals surface area contributed by atoms with Gasteiger partial charge in [-0.2, -0.15) is 10.2 Å². The molecule has 1 N–H and O–H groups in total. The minimum Gasteiger partial charge on any atom is -0.497 e. The third-order valence-corrected chi connectivity index (χ3v) is 5.39. The maximum Gasteiger partial charge on any atom is 0.238 e. The maximum absolute atomic E-state index is 12.3. The Bertz CT molecular complexity index is 1060. The van der Waals surface area contributed by atoms with E-state index in [-0.39, 0.29) is 11.8 Å². The van der Waals surface area contributed by atoms with Gasteiger partial charge in [-0.15, -0.1) is 0 Å². The molecule has 1 saturated heterocycles. The van der Waals surface area contributed by atoms with Crippen LogP contribution in [0.4, 0.5) is 5.69 Å². The average Bonchev–Trinajstić information content (AvgIpc) is 3.30. The number of likely N-dealkylation sites (tertiary alicyclic amines) is 1. The van der Waals surface area contributed by atoms with E-state index in [2.05, 4.69) is 26.4 Å². The van der Waals surface area contributed by atoms with Crippen LogP contribution in [0, 0.1) is 11.3 Å². The SMILES string of the molecule is COc1ccc(-c2noc(C3CCN(CC(=O)Nc4ccc(C#N)cc4)CC3)n2)cc1. The lowest BCUT2D eigenvalue weighted by Gasteiger charge is -2.29. The molecule has 0 atom stereocenters. The Labute approximate surface area is 180 Å². The van der Waals surface area contributed by atoms with Gasteiger partial charge in [-0.3, -0.25) is 9.69 Å². The number of carbonyl (C=O) groups is 1. The van der Waals surface area contributed by atoms with Gasteiger partial charge in [-0.1, -0.05) is 5.16 Å². The van der Waals surface area contributed by atoms with Crippen LogP contribution >= 0.6 is 0 Å². The summed E-state index contributed by atoms with van der Waals surface area (Å²) < 4.78 is 10.7. The number of hydrogen-bond donors (Lipinski definition) is 1. The fourth-order valence-corrected chi connectivity index (χ4v) is 3.63. The number of ether oxygens (including phenoxy) is 1. The standard InChI is InChI=1S/C23H23N5O3/c1-30-20-8-4-17(5-9-20)22-26-23(31-27-22)18-10-12-28(13-11-18)15-21(29)25-19-6-2-16(14-24)3-7-19/h2-9,18H,10-13,15H2,1H3,(H,25,29). The van der Waals surface area contributed by atoms with Crippen molar-refractivity contribution in [1.29, 1.82) is 5.26 Å². The van der Waals surface area contributed by atoms with Crippen LogP contribution in [-0.4, -0.2) is 47.7 Å². The van der Waals surface area contributed by atoms with Gasteiger partial charge in [0.25, 0.3) is 0 Å². The van der Waals surface area contributed by atoms with E-state index >= 15 is 0 Å². The number of carbonyl (C=O) groups excluding carboxylic acids is 1. The second-order valence-electron chi connectivity index (χ2n) is 7.47. The van der Waals surface area contributed by atoms with Crippen molar-refractivity contribution in [3.63, 3.8) is 0 Å². The Hall–Kier alpha value is -3.70. The topological polar surface area (TPSA) is 104 Å². The summed E-state index contributed by atoms with van der Waals surface area (Å²) in [4.78, 5) is 19.0. The van der Waals surface area contributed by atoms with E-state index in [4.69, 9.17) is 14.5 Å². The quantitative estimate of drug-likeness (QED) is 0.655. The van der Waals surface area contributed by atoms with Crippen molar-refractivity contribution >= 4 is 11.6 Å². The summed E-state index contributed by atoms with van der Waals surface area (Å²) in [7, 11) is 1.63. The third-order valence-electron chi connectivity index (χ3n) is 5.39. The van der Waals surface area contributed by atoms with Gasteiger partial charge in [0, 0.05) is 17.2 Å². The Morgan fingerprint density at radius 3 is 2.55 bits per heavy atom. The lowest BCUT2D eigenvalue weighted by Crippen LogP contribution is -2.38. The summed E-state index contributed by atoms with van der Waals surface area (Å²) in [5, 5.41) is 15.8. The van der Waals surface area contributed by atoms with Gasteiger partial charge < -0.3 is 14.6 Å². The highest BCUT2D eigenvalue weighted by Crippen LogP contribution is 2.29. The van der Waals surface area contributed by atoms with Crippen LogP contribution in [0.5, 0.6) is 5.75 Å². The number of benzene rings is 2. The molecule has 8 heteroatoms. The van der Waals surface area contributed by atoms with Crippen LogP contribution in [-0.2, 0) is 4.79 Å². The molecule has 2 heterocycles. The van der Waals surface area contributed by atoms with Crippen molar-refractivity contribution in [2.75, 3.05) is 32.1 Å². The molecule has 158 valence electrons. The molecule has 0 spiro atoms. The van der Waals surface area contributed by atoms with Gasteiger partial charge in [0.2, 0.25) is 17.6 Å². The summed E-state index contributed by atoms with van der Waals surface area (Å²) in [5.41, 5.74) is 2.14. The molecule has 2 aromatic carbocycles. The summed E-state index contributed by atoms with van der Waals surface area (Å²) in [5.74, 6) is 2.12. The molecule has 4 rings (SSSR count). The van der Waals surface area contributed by atoms with Gasteiger partial charge in [0.1, 0.15) is 5.75 Å². The van der Waals surface area contributed by atoms with Gasteiger partial charge in [-0.05, 0) is 74.5 Å². The summed E-state index contributed by atoms with van der Waals surface area (Å²) in [6, 6.07) is 16.5. The van der Waals surface area contributed by atoms with Crippen molar-refractivity contribution in [1.82, 2.24) is 15.0 Å². The number of anilines is 1. The predicted octanol–water partition coefficient (Wildman–Crippen LogP) is 3.43. The Kier molecular flexibility index (Phi) is 6.24. The van der Waals surface area contributed by atoms with Gasteiger partial charge in [-0.25, -0.2) is 0 Å². The van der Waals surface area contributed by atoms with Crippen LogP contribution in [0.15, 0.2) is 53.1 Å². The van der Waals surface area contributed by atoms with Gasteiger partial charge >= 0.3 is 0 Å². The number of piperidine rings is 1. The van der Waals surface area contributed by atoms with Crippen molar-refractivity contribution < 1.29 is 14.1 Å². The van der Waals surface area contributed by atoms with E-state index in [0.717, 1.165) is 37.2 Å². The lowest BCUT2D eigenvalue weighted by atomic mass is 9.97. The largest absolute Gasteiger partial charge is 0.497 e. The van der Waals surface area contributed by atoms with E-state index in [1.165, 1.54) is 0 Å². The molecule has 1 fully saturated rings. The van der Waals surface area contributed by atoms with Crippen LogP contribution < -0.4 is 10.1 Å². The second-order valence-corrected chi connectivity index (χ2v) is 7.47. The van der Waals surface area contributed by atoms with Gasteiger partial charge in [0.05, 0.1) is 25.3 Å². The molecule has 1 aromatic heterocycles. The van der Waals surface area contributed by atoms with E-state index in [1.54, 1.807) is 31.4 Å². The highest BCUT2D eigenvalue weighted by atomic mass is 16.5. The molecule has 1 aliphatic rings. The van der Waals surface area contributed by atoms with Crippen molar-refractivity contribution in [3.8, 4) is 23.2 Å². The van der Waals surface area contributed by atoms with Crippen LogP contribution in [0.25, 0.3) is 11.4 Å². The number of nitriles is 1. The molecular formula is C23H23N5O3. The number of nitrogens with zero attached hydrogens (tertiary/aromatic N) is 4. The third kappa shape index (κ3) is 5.08. The number of amides is 1. The smallest absolute Gasteiger partial charge is 0.238 e. The highest BCUT2D eigenvalue weighted by Gasteiger charge is 2.26. The van der Waals surface area contributed by atoms with E-state index in [9.17, 15) is 4.79 Å². The molecule has 1 amide bonds. The van der Waals surface area contributed by atoms with Crippen LogP contribution in [0.2, 0.25) is 0 Å². The second kappa shape index (κ2) is 9.41. The summed E-state index contributed by atoms with van der Waals surface area (Å²) in [6.45, 7) is 1.89. The average molecular weight is 417 g/mol. The zero-order valence-corrected chi connectivity index (χ0v) is 17.2. The molecule has 0 aliphatic carbocycles. The maximum atomic E-state index is 12.3. The fourth-order valence-electron chi connectivity index (χ4n) is 3.63. The minimum absolute atomic E-state index is 0.0669. The number of nitrogens with one attached hydrogen (secondary N) is 1. The Balaban J connectivity index is 1.28. The zero-order chi connectivity index (χ0) is 21.6. The normalized spacial score (nSPS) is 14.7. The molecule has 31 heavy (non-hydrogen) atoms. The molecule has 8 nitrogen and oxygen atoms in total. The fraction of sp³-hybridized carbons (Fsp3) is 0.304. The van der Waals surface area contributed by atoms with E-state index in [0.29, 0.717) is 29.5 Å². The van der Waals surface area contributed by atoms with Crippen LogP contribution in [0.3, 0.4) is 0 Å². The van der Waals surface area contributed by atoms with Crippen LogP contribution in [0.1, 0.15) is 30.2 Å². The first-order valence-electron chi connectivity index (χ1n) is 10.1. The minimum atomic E-state index is -0.0669. The first-order valence-corrected chi connectivity index (χ1v) is 10.1. The number of rotatable bonds is 6. The molecule has 0 unspecified atom stereocenters. The lowest BCUT2D eigenvalue weighted by molar-refractivity contribution is -0.117. The number of hydrogen-bond acceptors (Lipinski definition) is 7. The zero-order valence-electron chi connectivity index (χ0n) is 17.2. The summed E-state index contributed by atoms with van der Waals surface area (Å²) >= 11 is 0. The number of methoxy groups -OCH3 is 1. The van der Waals surface area contributed by atoms with Gasteiger partial charge in [0.15, 0.2) is 0 Å². The molecule has 1 aliphatic heterocycles. The van der Waals surface area contributed by atoms with E-state index < -0.39 is 0 Å². The van der Waals surface area contributed by atoms with Crippen molar-refractivity contribution in [2.24, 2.45) is 0 Å². The number of aromatic nitrogens is 2. The first kappa shape index (κ1) is 20.6.